The van der Waals surface area contributed by atoms with Gasteiger partial charge in [-0.05, 0) is 37.4 Å². The zero-order chi connectivity index (χ0) is 18.2. The smallest absolute Gasteiger partial charge is 0.238 e. The Morgan fingerprint density at radius 3 is 2.48 bits per heavy atom. The highest BCUT2D eigenvalue weighted by molar-refractivity contribution is 5.82. The number of hydrogen-bond donors (Lipinski definition) is 3. The normalized spacial score (nSPS) is 21.7. The van der Waals surface area contributed by atoms with Gasteiger partial charge in [-0.1, -0.05) is 58.0 Å². The first kappa shape index (κ1) is 19.9. The molecule has 2 rings (SSSR count). The fourth-order valence-electron chi connectivity index (χ4n) is 3.64. The molecule has 0 saturated carbocycles. The molecule has 25 heavy (non-hydrogen) atoms. The second-order valence-electron chi connectivity index (χ2n) is 7.30. The van der Waals surface area contributed by atoms with E-state index in [9.17, 15) is 4.79 Å². The van der Waals surface area contributed by atoms with Gasteiger partial charge < -0.3 is 5.32 Å². The molecule has 1 amide bonds. The highest BCUT2D eigenvalue weighted by atomic mass is 16.2. The van der Waals surface area contributed by atoms with Crippen LogP contribution in [0.4, 0.5) is 0 Å². The number of hydrogen-bond acceptors (Lipinski definition) is 4. The maximum Gasteiger partial charge on any atom is 0.238 e. The summed E-state index contributed by atoms with van der Waals surface area (Å²) in [5, 5.41) is 3.16. The zero-order valence-corrected chi connectivity index (χ0v) is 16.1. The molecular formula is C20H34N4O. The lowest BCUT2D eigenvalue weighted by Gasteiger charge is -2.30. The Kier molecular flexibility index (Phi) is 7.88. The molecule has 0 aliphatic carbocycles. The molecule has 0 radical (unpaired) electrons. The van der Waals surface area contributed by atoms with E-state index < -0.39 is 0 Å². The molecule has 1 aliphatic rings. The van der Waals surface area contributed by atoms with Gasteiger partial charge >= 0.3 is 0 Å². The quantitative estimate of drug-likeness (QED) is 0.643. The van der Waals surface area contributed by atoms with Gasteiger partial charge in [-0.2, -0.15) is 0 Å². The average Bonchev–Trinajstić information content (AvgIpc) is 3.07. The van der Waals surface area contributed by atoms with Crippen LogP contribution in [-0.2, 0) is 4.79 Å². The topological polar surface area (TPSA) is 56.4 Å². The molecule has 140 valence electrons. The van der Waals surface area contributed by atoms with E-state index in [1.165, 1.54) is 5.56 Å². The molecule has 1 aromatic carbocycles. The molecule has 1 aromatic rings. The van der Waals surface area contributed by atoms with E-state index in [0.29, 0.717) is 18.5 Å². The van der Waals surface area contributed by atoms with Crippen molar-refractivity contribution in [1.82, 2.24) is 21.1 Å². The molecule has 0 spiro atoms. The summed E-state index contributed by atoms with van der Waals surface area (Å²) in [5.41, 5.74) is 7.67. The monoisotopic (exact) mass is 346 g/mol. The van der Waals surface area contributed by atoms with Gasteiger partial charge in [0.2, 0.25) is 5.91 Å². The van der Waals surface area contributed by atoms with Crippen LogP contribution in [0.25, 0.3) is 0 Å². The van der Waals surface area contributed by atoms with E-state index in [2.05, 4.69) is 73.0 Å². The predicted octanol–water partition coefficient (Wildman–Crippen LogP) is 2.47. The van der Waals surface area contributed by atoms with Gasteiger partial charge in [0.15, 0.2) is 0 Å². The molecule has 1 aliphatic heterocycles. The maximum absolute atomic E-state index is 12.6. The van der Waals surface area contributed by atoms with Crippen molar-refractivity contribution in [3.05, 3.63) is 35.9 Å². The Hall–Kier alpha value is -1.43. The highest BCUT2D eigenvalue weighted by Crippen LogP contribution is 2.20. The first-order valence-electron chi connectivity index (χ1n) is 9.62. The number of rotatable bonds is 9. The Bertz CT molecular complexity index is 516. The second kappa shape index (κ2) is 9.90. The number of hydrazine groups is 1. The van der Waals surface area contributed by atoms with E-state index in [0.717, 1.165) is 25.9 Å². The van der Waals surface area contributed by atoms with E-state index in [1.807, 2.05) is 6.07 Å². The minimum Gasteiger partial charge on any atom is -0.353 e. The van der Waals surface area contributed by atoms with Gasteiger partial charge in [0, 0.05) is 12.6 Å². The molecular weight excluding hydrogens is 312 g/mol. The maximum atomic E-state index is 12.6. The summed E-state index contributed by atoms with van der Waals surface area (Å²) in [7, 11) is 0. The molecule has 0 aromatic heterocycles. The van der Waals surface area contributed by atoms with Crippen molar-refractivity contribution >= 4 is 5.91 Å². The lowest BCUT2D eigenvalue weighted by Crippen LogP contribution is -2.46. The SMILES string of the molecule is CCN(CC)C(CNC(=O)C1CC(CC(C)C)NN1)c1ccccc1. The Balaban J connectivity index is 1.93. The van der Waals surface area contributed by atoms with Crippen LogP contribution in [0.1, 0.15) is 52.1 Å². The summed E-state index contributed by atoms with van der Waals surface area (Å²) >= 11 is 0. The summed E-state index contributed by atoms with van der Waals surface area (Å²) < 4.78 is 0. The molecule has 0 bridgehead atoms. The van der Waals surface area contributed by atoms with Gasteiger partial charge in [0.1, 0.15) is 6.04 Å². The van der Waals surface area contributed by atoms with Crippen molar-refractivity contribution < 1.29 is 4.79 Å². The van der Waals surface area contributed by atoms with Crippen LogP contribution in [0.2, 0.25) is 0 Å². The van der Waals surface area contributed by atoms with Crippen LogP contribution in [0, 0.1) is 5.92 Å². The van der Waals surface area contributed by atoms with E-state index >= 15 is 0 Å². The number of benzene rings is 1. The van der Waals surface area contributed by atoms with Gasteiger partial charge in [-0.15, -0.1) is 0 Å². The van der Waals surface area contributed by atoms with E-state index in [4.69, 9.17) is 0 Å². The first-order valence-corrected chi connectivity index (χ1v) is 9.62. The van der Waals surface area contributed by atoms with Crippen molar-refractivity contribution in [2.45, 2.75) is 58.7 Å². The summed E-state index contributed by atoms with van der Waals surface area (Å²) in [6.07, 6.45) is 1.94. The summed E-state index contributed by atoms with van der Waals surface area (Å²) in [6, 6.07) is 10.9. The zero-order valence-electron chi connectivity index (χ0n) is 16.1. The lowest BCUT2D eigenvalue weighted by atomic mass is 9.99. The van der Waals surface area contributed by atoms with E-state index in [1.54, 1.807) is 0 Å². The second-order valence-corrected chi connectivity index (χ2v) is 7.30. The molecule has 1 heterocycles. The third kappa shape index (κ3) is 5.80. The summed E-state index contributed by atoms with van der Waals surface area (Å²) in [6.45, 7) is 11.3. The third-order valence-electron chi connectivity index (χ3n) is 4.96. The molecule has 5 nitrogen and oxygen atoms in total. The fraction of sp³-hybridized carbons (Fsp3) is 0.650. The van der Waals surface area contributed by atoms with Crippen molar-refractivity contribution in [3.8, 4) is 0 Å². The number of likely N-dealkylation sites (N-methyl/N-ethyl adjacent to an activating group) is 1. The van der Waals surface area contributed by atoms with E-state index in [-0.39, 0.29) is 18.0 Å². The van der Waals surface area contributed by atoms with Crippen LogP contribution in [0.15, 0.2) is 30.3 Å². The van der Waals surface area contributed by atoms with Crippen LogP contribution in [-0.4, -0.2) is 42.5 Å². The van der Waals surface area contributed by atoms with Crippen molar-refractivity contribution in [3.63, 3.8) is 0 Å². The number of nitrogens with one attached hydrogen (secondary N) is 3. The summed E-state index contributed by atoms with van der Waals surface area (Å²) in [4.78, 5) is 15.0. The van der Waals surface area contributed by atoms with Crippen LogP contribution < -0.4 is 16.2 Å². The largest absolute Gasteiger partial charge is 0.353 e. The van der Waals surface area contributed by atoms with Crippen molar-refractivity contribution in [1.29, 1.82) is 0 Å². The van der Waals surface area contributed by atoms with Gasteiger partial charge in [-0.25, -0.2) is 5.43 Å². The van der Waals surface area contributed by atoms with Crippen LogP contribution >= 0.6 is 0 Å². The average molecular weight is 347 g/mol. The van der Waals surface area contributed by atoms with Gasteiger partial charge in [0.05, 0.1) is 6.04 Å². The minimum atomic E-state index is -0.142. The van der Waals surface area contributed by atoms with Crippen LogP contribution in [0.5, 0.6) is 0 Å². The predicted molar refractivity (Wildman–Crippen MR) is 103 cm³/mol. The number of carbonyl (C=O) groups excluding carboxylic acids is 1. The molecule has 1 fully saturated rings. The first-order chi connectivity index (χ1) is 12.0. The number of amides is 1. The van der Waals surface area contributed by atoms with Crippen LogP contribution in [0.3, 0.4) is 0 Å². The van der Waals surface area contributed by atoms with Crippen molar-refractivity contribution in [2.24, 2.45) is 5.92 Å². The molecule has 5 heteroatoms. The Morgan fingerprint density at radius 1 is 1.20 bits per heavy atom. The molecule has 3 atom stereocenters. The molecule has 3 unspecified atom stereocenters. The molecule has 1 saturated heterocycles. The van der Waals surface area contributed by atoms with Gasteiger partial charge in [-0.3, -0.25) is 15.1 Å². The lowest BCUT2D eigenvalue weighted by molar-refractivity contribution is -0.123. The minimum absolute atomic E-state index is 0.0897. The van der Waals surface area contributed by atoms with Crippen molar-refractivity contribution in [2.75, 3.05) is 19.6 Å². The summed E-state index contributed by atoms with van der Waals surface area (Å²) in [5.74, 6) is 0.720. The molecule has 3 N–H and O–H groups in total. The number of carbonyl (C=O) groups is 1. The Labute approximate surface area is 152 Å². The third-order valence-corrected chi connectivity index (χ3v) is 4.96. The van der Waals surface area contributed by atoms with Gasteiger partial charge in [0.25, 0.3) is 0 Å². The Morgan fingerprint density at radius 2 is 1.88 bits per heavy atom. The number of nitrogens with zero attached hydrogens (tertiary/aromatic N) is 1. The standard InChI is InChI=1S/C20H34N4O/c1-5-24(6-2)19(16-10-8-7-9-11-16)14-21-20(25)18-13-17(22-23-18)12-15(3)4/h7-11,15,17-19,22-23H,5-6,12-14H2,1-4H3,(H,21,25). The fourth-order valence-corrected chi connectivity index (χ4v) is 3.64. The highest BCUT2D eigenvalue weighted by Gasteiger charge is 2.30.